The molecule has 48 heavy (non-hydrogen) atoms. The van der Waals surface area contributed by atoms with Crippen molar-refractivity contribution in [2.45, 2.75) is 126 Å². The van der Waals surface area contributed by atoms with Crippen LogP contribution in [0.15, 0.2) is 60.8 Å². The Kier molecular flexibility index (Phi) is 13.3. The van der Waals surface area contributed by atoms with Crippen molar-refractivity contribution in [3.05, 3.63) is 60.8 Å². The van der Waals surface area contributed by atoms with E-state index in [1.165, 1.54) is 6.08 Å². The topological polar surface area (TPSA) is 231 Å². The Bertz CT molecular complexity index is 1250. The first-order valence-corrected chi connectivity index (χ1v) is 16.3. The van der Waals surface area contributed by atoms with Gasteiger partial charge >= 0.3 is 11.9 Å². The summed E-state index contributed by atoms with van der Waals surface area (Å²) in [5.41, 5.74) is 5.98. The van der Waals surface area contributed by atoms with Gasteiger partial charge in [-0.25, -0.2) is 4.79 Å². The fourth-order valence-corrected chi connectivity index (χ4v) is 6.10. The van der Waals surface area contributed by atoms with Gasteiger partial charge in [0.15, 0.2) is 12.1 Å². The number of hydrogen-bond acceptors (Lipinski definition) is 13. The van der Waals surface area contributed by atoms with E-state index in [9.17, 15) is 40.2 Å². The molecule has 2 unspecified atom stereocenters. The fraction of sp³-hybridized carbons (Fsp3) is 0.647. The summed E-state index contributed by atoms with van der Waals surface area (Å²) in [7, 11) is 0. The monoisotopic (exact) mass is 679 g/mol. The SMILES string of the molecule is CC1C=CC=CC=CC=C[C@@H](O[C@@H]2O[C@H](C)[C@@H](O)[C@H](N)[C@@H]2O)C[C@H]2O[C@@](O)(C[C@H](O)C[C@H]3O[C@H]3C=CC(=O)OC1C)C[C@@H](O)[C@@H]2C(=O)O. The number of aliphatic carboxylic acids is 1. The normalized spacial score (nSPS) is 44.7. The zero-order chi connectivity index (χ0) is 35.2. The summed E-state index contributed by atoms with van der Waals surface area (Å²) in [5, 5.41) is 64.1. The molecule has 0 amide bonds. The van der Waals surface area contributed by atoms with Gasteiger partial charge in [-0.1, -0.05) is 55.5 Å². The summed E-state index contributed by atoms with van der Waals surface area (Å²) in [4.78, 5) is 24.6. The fourth-order valence-electron chi connectivity index (χ4n) is 6.10. The van der Waals surface area contributed by atoms with E-state index in [1.807, 2.05) is 19.1 Å². The first kappa shape index (κ1) is 38.0. The Labute approximate surface area is 279 Å². The minimum Gasteiger partial charge on any atom is -0.481 e. The number of aliphatic hydroxyl groups excluding tert-OH is 4. The van der Waals surface area contributed by atoms with Gasteiger partial charge in [-0.15, -0.1) is 0 Å². The molecule has 3 saturated heterocycles. The Morgan fingerprint density at radius 1 is 0.875 bits per heavy atom. The van der Waals surface area contributed by atoms with E-state index in [1.54, 1.807) is 56.4 Å². The molecule has 14 nitrogen and oxygen atoms in total. The zero-order valence-corrected chi connectivity index (χ0v) is 27.3. The molecular formula is C34H49NO13. The van der Waals surface area contributed by atoms with Gasteiger partial charge in [-0.3, -0.25) is 4.79 Å². The van der Waals surface area contributed by atoms with Crippen molar-refractivity contribution in [1.82, 2.24) is 0 Å². The summed E-state index contributed by atoms with van der Waals surface area (Å²) in [6.45, 7) is 5.27. The van der Waals surface area contributed by atoms with E-state index in [-0.39, 0.29) is 25.2 Å². The van der Waals surface area contributed by atoms with Crippen LogP contribution in [0.2, 0.25) is 0 Å². The number of nitrogens with two attached hydrogens (primary N) is 1. The molecule has 4 rings (SSSR count). The van der Waals surface area contributed by atoms with Crippen molar-refractivity contribution in [3.63, 3.8) is 0 Å². The number of carboxylic acid groups (broad SMARTS) is 1. The van der Waals surface area contributed by atoms with Crippen molar-refractivity contribution < 1.29 is 63.9 Å². The number of carbonyl (C=O) groups is 2. The standard InChI is InChI=1S/C34H49NO13/c1-18-10-8-6-4-5-7-9-11-22(46-33-31(40)29(35)30(39)20(3)45-33)15-26-28(32(41)42)23(37)17-34(43,48-26)16-21(36)14-25-24(47-25)12-13-27(38)44-19(18)2/h4-13,18-26,28-31,33,36-37,39-40,43H,14-17,35H2,1-3H3,(H,41,42)/t18?,19?,20-,21-,22-,23-,24+,25-,26-,28+,29+,30-,31+,33+,34+/m1/s1. The van der Waals surface area contributed by atoms with Crippen LogP contribution in [0.25, 0.3) is 0 Å². The van der Waals surface area contributed by atoms with E-state index in [0.29, 0.717) is 0 Å². The third kappa shape index (κ3) is 10.4. The number of allylic oxidation sites excluding steroid dienone is 6. The second-order valence-corrected chi connectivity index (χ2v) is 13.0. The lowest BCUT2D eigenvalue weighted by atomic mass is 9.83. The summed E-state index contributed by atoms with van der Waals surface area (Å²) < 4.78 is 28.7. The van der Waals surface area contributed by atoms with Crippen molar-refractivity contribution >= 4 is 11.9 Å². The summed E-state index contributed by atoms with van der Waals surface area (Å²) in [6, 6.07) is -1.08. The molecule has 4 aliphatic heterocycles. The maximum atomic E-state index is 12.3. The molecule has 0 spiro atoms. The van der Waals surface area contributed by atoms with Gasteiger partial charge in [0.1, 0.15) is 24.2 Å². The minimum atomic E-state index is -2.10. The number of fused-ring (bicyclic) bond motifs is 3. The smallest absolute Gasteiger partial charge is 0.330 e. The number of carbonyl (C=O) groups excluding carboxylic acids is 1. The molecule has 4 aliphatic rings. The average molecular weight is 680 g/mol. The molecule has 0 aromatic rings. The maximum absolute atomic E-state index is 12.3. The molecule has 15 atom stereocenters. The highest BCUT2D eigenvalue weighted by Gasteiger charge is 2.51. The Morgan fingerprint density at radius 2 is 1.54 bits per heavy atom. The van der Waals surface area contributed by atoms with Crippen LogP contribution < -0.4 is 5.73 Å². The quantitative estimate of drug-likeness (QED) is 0.158. The third-order valence-electron chi connectivity index (χ3n) is 9.11. The zero-order valence-electron chi connectivity index (χ0n) is 27.3. The van der Waals surface area contributed by atoms with E-state index in [2.05, 4.69) is 0 Å². The number of cyclic esters (lactones) is 1. The Balaban J connectivity index is 1.60. The van der Waals surface area contributed by atoms with Crippen LogP contribution >= 0.6 is 0 Å². The first-order chi connectivity index (χ1) is 22.7. The van der Waals surface area contributed by atoms with Crippen LogP contribution in [-0.4, -0.2) is 122 Å². The van der Waals surface area contributed by atoms with Crippen molar-refractivity contribution in [1.29, 1.82) is 0 Å². The lowest BCUT2D eigenvalue weighted by Gasteiger charge is -2.45. The van der Waals surface area contributed by atoms with Gasteiger partial charge in [0.05, 0.1) is 48.8 Å². The highest BCUT2D eigenvalue weighted by atomic mass is 16.7. The van der Waals surface area contributed by atoms with Gasteiger partial charge in [0, 0.05) is 37.7 Å². The van der Waals surface area contributed by atoms with E-state index >= 15 is 0 Å². The number of esters is 1. The molecule has 268 valence electrons. The molecule has 0 aliphatic carbocycles. The van der Waals surface area contributed by atoms with Crippen LogP contribution in [0.5, 0.6) is 0 Å². The van der Waals surface area contributed by atoms with Crippen LogP contribution in [0.3, 0.4) is 0 Å². The molecule has 2 bridgehead atoms. The highest BCUT2D eigenvalue weighted by Crippen LogP contribution is 2.39. The molecule has 14 heteroatoms. The predicted octanol–water partition coefficient (Wildman–Crippen LogP) is 0.366. The predicted molar refractivity (Wildman–Crippen MR) is 170 cm³/mol. The summed E-state index contributed by atoms with van der Waals surface area (Å²) >= 11 is 0. The Morgan fingerprint density at radius 3 is 2.23 bits per heavy atom. The van der Waals surface area contributed by atoms with E-state index < -0.39 is 103 Å². The number of ether oxygens (including phenoxy) is 5. The molecule has 4 heterocycles. The lowest BCUT2D eigenvalue weighted by molar-refractivity contribution is -0.308. The molecule has 3 fully saturated rings. The second kappa shape index (κ2) is 16.8. The maximum Gasteiger partial charge on any atom is 0.330 e. The third-order valence-corrected chi connectivity index (χ3v) is 9.11. The van der Waals surface area contributed by atoms with Crippen LogP contribution in [0.1, 0.15) is 46.5 Å². The van der Waals surface area contributed by atoms with Crippen LogP contribution in [-0.2, 0) is 33.3 Å². The van der Waals surface area contributed by atoms with Crippen LogP contribution in [0, 0.1) is 11.8 Å². The van der Waals surface area contributed by atoms with Gasteiger partial charge in [-0.05, 0) is 19.9 Å². The lowest BCUT2D eigenvalue weighted by Crippen LogP contribution is -2.61. The molecular weight excluding hydrogens is 630 g/mol. The van der Waals surface area contributed by atoms with Crippen molar-refractivity contribution in [2.24, 2.45) is 17.6 Å². The van der Waals surface area contributed by atoms with Gasteiger partial charge in [0.25, 0.3) is 0 Å². The average Bonchev–Trinajstić information content (AvgIpc) is 3.74. The largest absolute Gasteiger partial charge is 0.481 e. The van der Waals surface area contributed by atoms with Gasteiger partial charge in [-0.2, -0.15) is 0 Å². The molecule has 0 aromatic heterocycles. The number of epoxide rings is 1. The van der Waals surface area contributed by atoms with Gasteiger partial charge in [0.2, 0.25) is 0 Å². The number of hydrogen-bond donors (Lipinski definition) is 7. The second-order valence-electron chi connectivity index (χ2n) is 13.0. The van der Waals surface area contributed by atoms with Crippen molar-refractivity contribution in [2.75, 3.05) is 0 Å². The van der Waals surface area contributed by atoms with E-state index in [0.717, 1.165) is 0 Å². The Hall–Kier alpha value is -2.76. The number of carboxylic acids is 1. The summed E-state index contributed by atoms with van der Waals surface area (Å²) in [5.74, 6) is -5.53. The first-order valence-electron chi connectivity index (χ1n) is 16.3. The summed E-state index contributed by atoms with van der Waals surface area (Å²) in [6.07, 6.45) is 4.79. The van der Waals surface area contributed by atoms with E-state index in [4.69, 9.17) is 29.4 Å². The molecule has 0 saturated carbocycles. The number of rotatable bonds is 3. The minimum absolute atomic E-state index is 0.0747. The molecule has 0 radical (unpaired) electrons. The molecule has 0 aromatic carbocycles. The number of aliphatic hydroxyl groups is 5. The van der Waals surface area contributed by atoms with Gasteiger partial charge < -0.3 is 60.1 Å². The molecule has 8 N–H and O–H groups in total. The highest BCUT2D eigenvalue weighted by molar-refractivity contribution is 5.82. The van der Waals surface area contributed by atoms with Crippen molar-refractivity contribution in [3.8, 4) is 0 Å². The van der Waals surface area contributed by atoms with Crippen LogP contribution in [0.4, 0.5) is 0 Å².